The molecule has 0 aromatic heterocycles. The number of piperidine rings is 1. The average molecular weight is 409 g/mol. The number of benzene rings is 1. The summed E-state index contributed by atoms with van der Waals surface area (Å²) >= 11 is 0. The monoisotopic (exact) mass is 408 g/mol. The van der Waals surface area contributed by atoms with E-state index in [4.69, 9.17) is 0 Å². The van der Waals surface area contributed by atoms with E-state index in [1.807, 2.05) is 42.3 Å². The number of hydrogen-bond donors (Lipinski definition) is 3. The summed E-state index contributed by atoms with van der Waals surface area (Å²) in [6, 6.07) is 9.57. The van der Waals surface area contributed by atoms with Crippen molar-refractivity contribution in [3.8, 4) is 0 Å². The third-order valence-electron chi connectivity index (χ3n) is 5.91. The molecule has 2 fully saturated rings. The molecule has 1 saturated carbocycles. The zero-order valence-corrected chi connectivity index (χ0v) is 17.5. The first-order valence-corrected chi connectivity index (χ1v) is 10.2. The maximum Gasteiger partial charge on any atom is 0.315 e. The lowest BCUT2D eigenvalue weighted by atomic mass is 9.91. The van der Waals surface area contributed by atoms with Gasteiger partial charge in [0.2, 0.25) is 5.91 Å². The van der Waals surface area contributed by atoms with Crippen molar-refractivity contribution in [2.75, 3.05) is 26.7 Å². The normalized spacial score (nSPS) is 19.0. The van der Waals surface area contributed by atoms with Crippen LogP contribution in [-0.2, 0) is 11.3 Å². The second-order valence-electron chi connectivity index (χ2n) is 7.88. The number of likely N-dealkylation sites (tertiary alicyclic amines) is 1. The van der Waals surface area contributed by atoms with Gasteiger partial charge < -0.3 is 20.9 Å². The second kappa shape index (κ2) is 10.7. The molecule has 1 heterocycles. The predicted octanol–water partition coefficient (Wildman–Crippen LogP) is 2.68. The molecule has 6 nitrogen and oxygen atoms in total. The molecule has 2 aliphatic rings. The molecule has 0 atom stereocenters. The number of urea groups is 1. The minimum atomic E-state index is -0.726. The van der Waals surface area contributed by atoms with Crippen molar-refractivity contribution < 1.29 is 9.59 Å². The maximum absolute atomic E-state index is 13.3. The topological polar surface area (TPSA) is 73.5 Å². The van der Waals surface area contributed by atoms with Crippen LogP contribution in [0.3, 0.4) is 0 Å². The molecule has 3 N–H and O–H groups in total. The molecule has 3 amide bonds. The van der Waals surface area contributed by atoms with Crippen molar-refractivity contribution in [3.63, 3.8) is 0 Å². The molecule has 1 aliphatic heterocycles. The summed E-state index contributed by atoms with van der Waals surface area (Å²) in [4.78, 5) is 27.7. The van der Waals surface area contributed by atoms with E-state index in [-0.39, 0.29) is 24.3 Å². The smallest absolute Gasteiger partial charge is 0.315 e. The zero-order valence-electron chi connectivity index (χ0n) is 16.7. The molecule has 7 heteroatoms. The van der Waals surface area contributed by atoms with E-state index < -0.39 is 5.54 Å². The highest BCUT2D eigenvalue weighted by molar-refractivity contribution is 5.91. The fourth-order valence-electron chi connectivity index (χ4n) is 4.34. The Morgan fingerprint density at radius 2 is 1.75 bits per heavy atom. The van der Waals surface area contributed by atoms with Crippen molar-refractivity contribution in [2.24, 2.45) is 5.92 Å². The molecule has 0 radical (unpaired) electrons. The van der Waals surface area contributed by atoms with E-state index >= 15 is 0 Å². The lowest BCUT2D eigenvalue weighted by Gasteiger charge is -2.38. The molecule has 0 spiro atoms. The number of carbonyl (C=O) groups is 2. The van der Waals surface area contributed by atoms with Gasteiger partial charge >= 0.3 is 6.03 Å². The second-order valence-corrected chi connectivity index (χ2v) is 7.88. The van der Waals surface area contributed by atoms with Crippen LogP contribution in [0.5, 0.6) is 0 Å². The Labute approximate surface area is 174 Å². The van der Waals surface area contributed by atoms with Crippen LogP contribution in [0.1, 0.15) is 44.1 Å². The van der Waals surface area contributed by atoms with Crippen LogP contribution in [0.2, 0.25) is 0 Å². The molecular formula is C21H33ClN4O2. The Morgan fingerprint density at radius 1 is 1.11 bits per heavy atom. The summed E-state index contributed by atoms with van der Waals surface area (Å²) < 4.78 is 0. The highest BCUT2D eigenvalue weighted by Crippen LogP contribution is 2.33. The van der Waals surface area contributed by atoms with Gasteiger partial charge in [0.25, 0.3) is 0 Å². The third-order valence-corrected chi connectivity index (χ3v) is 5.91. The van der Waals surface area contributed by atoms with Crippen molar-refractivity contribution in [1.29, 1.82) is 0 Å². The van der Waals surface area contributed by atoms with Gasteiger partial charge in [0.1, 0.15) is 5.54 Å². The Bertz CT molecular complexity index is 627. The SMILES string of the molecule is CNCC1CCN(C(=O)C2(NC(=O)NCc3ccccc3)CCCC2)CC1.Cl. The van der Waals surface area contributed by atoms with E-state index in [1.54, 1.807) is 0 Å². The standard InChI is InChI=1S/C21H32N4O2.ClH/c1-22-15-18-9-13-25(14-10-18)19(26)21(11-5-6-12-21)24-20(27)23-16-17-7-3-2-4-8-17;/h2-4,7-8,18,22H,5-6,9-16H2,1H3,(H2,23,24,27);1H. The molecular weight excluding hydrogens is 376 g/mol. The first-order valence-electron chi connectivity index (χ1n) is 10.2. The highest BCUT2D eigenvalue weighted by Gasteiger charge is 2.45. The molecule has 156 valence electrons. The van der Waals surface area contributed by atoms with Gasteiger partial charge in [-0.15, -0.1) is 12.4 Å². The zero-order chi connectivity index (χ0) is 19.1. The van der Waals surface area contributed by atoms with Crippen molar-refractivity contribution in [1.82, 2.24) is 20.9 Å². The molecule has 0 unspecified atom stereocenters. The Kier molecular flexibility index (Phi) is 8.58. The lowest BCUT2D eigenvalue weighted by molar-refractivity contribution is -0.139. The highest BCUT2D eigenvalue weighted by atomic mass is 35.5. The molecule has 3 rings (SSSR count). The Morgan fingerprint density at radius 3 is 2.36 bits per heavy atom. The first-order chi connectivity index (χ1) is 13.1. The minimum absolute atomic E-state index is 0. The fraction of sp³-hybridized carbons (Fsp3) is 0.619. The van der Waals surface area contributed by atoms with Gasteiger partial charge in [-0.05, 0) is 50.8 Å². The number of halogens is 1. The van der Waals surface area contributed by atoms with Gasteiger partial charge in [-0.1, -0.05) is 43.2 Å². The van der Waals surface area contributed by atoms with Crippen molar-refractivity contribution >= 4 is 24.3 Å². The molecule has 28 heavy (non-hydrogen) atoms. The quantitative estimate of drug-likeness (QED) is 0.677. The van der Waals surface area contributed by atoms with Crippen LogP contribution < -0.4 is 16.0 Å². The first kappa shape index (κ1) is 22.5. The number of amides is 3. The van der Waals surface area contributed by atoms with Gasteiger partial charge in [-0.2, -0.15) is 0 Å². The number of hydrogen-bond acceptors (Lipinski definition) is 3. The van der Waals surface area contributed by atoms with E-state index in [2.05, 4.69) is 16.0 Å². The molecule has 1 aromatic carbocycles. The summed E-state index contributed by atoms with van der Waals surface area (Å²) in [5.41, 5.74) is 0.322. The van der Waals surface area contributed by atoms with Crippen LogP contribution in [0, 0.1) is 5.92 Å². The molecule has 0 bridgehead atoms. The van der Waals surface area contributed by atoms with Gasteiger partial charge in [-0.3, -0.25) is 4.79 Å². The number of nitrogens with zero attached hydrogens (tertiary/aromatic N) is 1. The predicted molar refractivity (Wildman–Crippen MR) is 113 cm³/mol. The molecule has 1 aliphatic carbocycles. The van der Waals surface area contributed by atoms with Crippen LogP contribution in [0.25, 0.3) is 0 Å². The fourth-order valence-corrected chi connectivity index (χ4v) is 4.34. The number of rotatable bonds is 6. The van der Waals surface area contributed by atoms with Crippen LogP contribution >= 0.6 is 12.4 Å². The van der Waals surface area contributed by atoms with Crippen LogP contribution in [-0.4, -0.2) is 49.1 Å². The summed E-state index contributed by atoms with van der Waals surface area (Å²) in [6.07, 6.45) is 5.51. The van der Waals surface area contributed by atoms with Gasteiger partial charge in [-0.25, -0.2) is 4.79 Å². The van der Waals surface area contributed by atoms with E-state index in [9.17, 15) is 9.59 Å². The van der Waals surface area contributed by atoms with Crippen molar-refractivity contribution in [3.05, 3.63) is 35.9 Å². The maximum atomic E-state index is 13.3. The third kappa shape index (κ3) is 5.61. The summed E-state index contributed by atoms with van der Waals surface area (Å²) in [7, 11) is 1.98. The van der Waals surface area contributed by atoms with E-state index in [1.165, 1.54) is 0 Å². The van der Waals surface area contributed by atoms with Crippen LogP contribution in [0.4, 0.5) is 4.79 Å². The largest absolute Gasteiger partial charge is 0.341 e. The summed E-state index contributed by atoms with van der Waals surface area (Å²) in [5, 5.41) is 9.17. The van der Waals surface area contributed by atoms with E-state index in [0.717, 1.165) is 63.7 Å². The average Bonchev–Trinajstić information content (AvgIpc) is 3.17. The molecule has 1 saturated heterocycles. The van der Waals surface area contributed by atoms with E-state index in [0.29, 0.717) is 12.5 Å². The lowest BCUT2D eigenvalue weighted by Crippen LogP contribution is -2.61. The van der Waals surface area contributed by atoms with Crippen molar-refractivity contribution in [2.45, 2.75) is 50.6 Å². The number of carbonyl (C=O) groups excluding carboxylic acids is 2. The summed E-state index contributed by atoms with van der Waals surface area (Å²) in [6.45, 7) is 3.06. The van der Waals surface area contributed by atoms with Gasteiger partial charge in [0, 0.05) is 19.6 Å². The molecule has 1 aromatic rings. The minimum Gasteiger partial charge on any atom is -0.341 e. The van der Waals surface area contributed by atoms with Gasteiger partial charge in [0.05, 0.1) is 0 Å². The Balaban J connectivity index is 0.00000280. The van der Waals surface area contributed by atoms with Crippen LogP contribution in [0.15, 0.2) is 30.3 Å². The Hall–Kier alpha value is -1.79. The number of nitrogens with one attached hydrogen (secondary N) is 3. The van der Waals surface area contributed by atoms with Gasteiger partial charge in [0.15, 0.2) is 0 Å². The summed E-state index contributed by atoms with van der Waals surface area (Å²) in [5.74, 6) is 0.749.